The van der Waals surface area contributed by atoms with Crippen LogP contribution in [0.15, 0.2) is 17.6 Å². The minimum Gasteiger partial charge on any atom is -0.340 e. The molecule has 3 nitrogen and oxygen atoms in total. The highest BCUT2D eigenvalue weighted by molar-refractivity contribution is 7.99. The lowest BCUT2D eigenvalue weighted by Crippen LogP contribution is -2.49. The summed E-state index contributed by atoms with van der Waals surface area (Å²) < 4.78 is 0. The molecule has 2 rings (SSSR count). The molecule has 1 aliphatic carbocycles. The molecule has 1 fully saturated rings. The Morgan fingerprint density at radius 2 is 2.38 bits per heavy atom. The van der Waals surface area contributed by atoms with Gasteiger partial charge in [0.25, 0.3) is 0 Å². The van der Waals surface area contributed by atoms with Gasteiger partial charge in [-0.15, -0.1) is 0 Å². The van der Waals surface area contributed by atoms with Crippen LogP contribution in [0.3, 0.4) is 0 Å². The van der Waals surface area contributed by atoms with E-state index in [9.17, 15) is 0 Å². The van der Waals surface area contributed by atoms with Crippen molar-refractivity contribution in [2.75, 3.05) is 7.05 Å². The second kappa shape index (κ2) is 4.80. The second-order valence-corrected chi connectivity index (χ2v) is 6.43. The van der Waals surface area contributed by atoms with Gasteiger partial charge in [-0.2, -0.15) is 0 Å². The van der Waals surface area contributed by atoms with Crippen LogP contribution in [0.5, 0.6) is 0 Å². The largest absolute Gasteiger partial charge is 0.340 e. The van der Waals surface area contributed by atoms with Crippen molar-refractivity contribution >= 4 is 11.8 Å². The summed E-state index contributed by atoms with van der Waals surface area (Å²) in [6, 6.07) is 0.566. The maximum atomic E-state index is 4.31. The maximum Gasteiger partial charge on any atom is 0.165 e. The molecule has 90 valence electrons. The molecule has 2 N–H and O–H groups in total. The van der Waals surface area contributed by atoms with E-state index in [1.807, 2.05) is 24.2 Å². The average Bonchev–Trinajstić information content (AvgIpc) is 2.69. The first-order valence-electron chi connectivity index (χ1n) is 5.97. The number of aromatic amines is 1. The van der Waals surface area contributed by atoms with Crippen LogP contribution in [-0.2, 0) is 0 Å². The topological polar surface area (TPSA) is 40.7 Å². The zero-order valence-corrected chi connectivity index (χ0v) is 11.1. The van der Waals surface area contributed by atoms with Crippen LogP contribution in [0, 0.1) is 5.41 Å². The Kier molecular flexibility index (Phi) is 3.60. The van der Waals surface area contributed by atoms with Crippen LogP contribution in [0.25, 0.3) is 0 Å². The molecule has 1 heterocycles. The number of nitrogens with one attached hydrogen (secondary N) is 2. The van der Waals surface area contributed by atoms with Crippen LogP contribution in [-0.4, -0.2) is 28.3 Å². The summed E-state index contributed by atoms with van der Waals surface area (Å²) in [5.74, 6) is 0. The zero-order valence-electron chi connectivity index (χ0n) is 10.3. The van der Waals surface area contributed by atoms with E-state index >= 15 is 0 Å². The number of hydrogen-bond acceptors (Lipinski definition) is 3. The zero-order chi connectivity index (χ0) is 11.6. The van der Waals surface area contributed by atoms with Crippen LogP contribution in [0.4, 0.5) is 0 Å². The van der Waals surface area contributed by atoms with E-state index in [4.69, 9.17) is 0 Å². The average molecular weight is 239 g/mol. The molecule has 16 heavy (non-hydrogen) atoms. The number of aromatic nitrogens is 2. The van der Waals surface area contributed by atoms with E-state index in [1.54, 1.807) is 0 Å². The summed E-state index contributed by atoms with van der Waals surface area (Å²) in [5.41, 5.74) is 0.386. The molecule has 2 unspecified atom stereocenters. The fourth-order valence-electron chi connectivity index (χ4n) is 2.75. The SMILES string of the molecule is CNC1C(Sc2ncc[nH]2)CCCC1(C)C. The molecule has 4 heteroatoms. The summed E-state index contributed by atoms with van der Waals surface area (Å²) in [7, 11) is 2.08. The standard InChI is InChI=1S/C12H21N3S/c1-12(2)6-4-5-9(10(12)13-3)16-11-14-7-8-15-11/h7-10,13H,4-6H2,1-3H3,(H,14,15). The summed E-state index contributed by atoms with van der Waals surface area (Å²) in [5, 5.41) is 5.16. The van der Waals surface area contributed by atoms with Crippen LogP contribution < -0.4 is 5.32 Å². The molecular weight excluding hydrogens is 218 g/mol. The van der Waals surface area contributed by atoms with E-state index in [0.717, 1.165) is 5.16 Å². The van der Waals surface area contributed by atoms with Gasteiger partial charge in [-0.05, 0) is 25.3 Å². The maximum absolute atomic E-state index is 4.31. The van der Waals surface area contributed by atoms with Gasteiger partial charge in [-0.25, -0.2) is 4.98 Å². The third-order valence-electron chi connectivity index (χ3n) is 3.57. The van der Waals surface area contributed by atoms with Crippen molar-refractivity contribution in [2.24, 2.45) is 5.41 Å². The molecular formula is C12H21N3S. The Bertz CT molecular complexity index is 321. The summed E-state index contributed by atoms with van der Waals surface area (Å²) in [6.45, 7) is 4.73. The Balaban J connectivity index is 2.07. The molecule has 1 aromatic rings. The lowest BCUT2D eigenvalue weighted by atomic mass is 9.73. The first-order valence-corrected chi connectivity index (χ1v) is 6.85. The van der Waals surface area contributed by atoms with E-state index in [-0.39, 0.29) is 0 Å². The molecule has 0 radical (unpaired) electrons. The smallest absolute Gasteiger partial charge is 0.165 e. The van der Waals surface area contributed by atoms with E-state index in [2.05, 4.69) is 36.2 Å². The highest BCUT2D eigenvalue weighted by atomic mass is 32.2. The molecule has 1 saturated carbocycles. The monoisotopic (exact) mass is 239 g/mol. The van der Waals surface area contributed by atoms with Crippen LogP contribution in [0.2, 0.25) is 0 Å². The summed E-state index contributed by atoms with van der Waals surface area (Å²) in [6.07, 6.45) is 7.63. The number of hydrogen-bond donors (Lipinski definition) is 2. The van der Waals surface area contributed by atoms with Gasteiger partial charge in [-0.3, -0.25) is 0 Å². The third kappa shape index (κ3) is 2.43. The van der Waals surface area contributed by atoms with E-state index < -0.39 is 0 Å². The first kappa shape index (κ1) is 12.0. The predicted molar refractivity (Wildman–Crippen MR) is 68.7 cm³/mol. The van der Waals surface area contributed by atoms with Gasteiger partial charge >= 0.3 is 0 Å². The molecule has 1 aromatic heterocycles. The molecule has 1 aliphatic rings. The summed E-state index contributed by atoms with van der Waals surface area (Å²) in [4.78, 5) is 7.49. The Morgan fingerprint density at radius 1 is 1.56 bits per heavy atom. The lowest BCUT2D eigenvalue weighted by Gasteiger charge is -2.43. The Hall–Kier alpha value is -0.480. The minimum absolute atomic E-state index is 0.386. The minimum atomic E-state index is 0.386. The molecule has 0 aliphatic heterocycles. The van der Waals surface area contributed by atoms with Gasteiger partial charge in [-0.1, -0.05) is 32.0 Å². The fraction of sp³-hybridized carbons (Fsp3) is 0.750. The van der Waals surface area contributed by atoms with Crippen molar-refractivity contribution in [3.8, 4) is 0 Å². The number of imidazole rings is 1. The normalized spacial score (nSPS) is 29.2. The van der Waals surface area contributed by atoms with Crippen molar-refractivity contribution in [2.45, 2.75) is 49.6 Å². The number of thioether (sulfide) groups is 1. The highest BCUT2D eigenvalue weighted by Gasteiger charge is 2.38. The molecule has 0 saturated heterocycles. The number of nitrogens with zero attached hydrogens (tertiary/aromatic N) is 1. The fourth-order valence-corrected chi connectivity index (χ4v) is 4.22. The van der Waals surface area contributed by atoms with Gasteiger partial charge in [0.1, 0.15) is 0 Å². The van der Waals surface area contributed by atoms with Crippen molar-refractivity contribution in [3.05, 3.63) is 12.4 Å². The van der Waals surface area contributed by atoms with Gasteiger partial charge in [0, 0.05) is 23.7 Å². The third-order valence-corrected chi connectivity index (χ3v) is 4.83. The Labute approximate surface area is 102 Å². The van der Waals surface area contributed by atoms with Crippen molar-refractivity contribution in [1.82, 2.24) is 15.3 Å². The van der Waals surface area contributed by atoms with E-state index in [1.165, 1.54) is 19.3 Å². The molecule has 0 aromatic carbocycles. The van der Waals surface area contributed by atoms with Crippen molar-refractivity contribution in [1.29, 1.82) is 0 Å². The van der Waals surface area contributed by atoms with Crippen molar-refractivity contribution < 1.29 is 0 Å². The first-order chi connectivity index (χ1) is 7.63. The van der Waals surface area contributed by atoms with Crippen LogP contribution in [0.1, 0.15) is 33.1 Å². The molecule has 0 amide bonds. The molecule has 0 spiro atoms. The predicted octanol–water partition coefficient (Wildman–Crippen LogP) is 2.67. The molecule has 0 bridgehead atoms. The van der Waals surface area contributed by atoms with Gasteiger partial charge in [0.15, 0.2) is 5.16 Å². The van der Waals surface area contributed by atoms with Gasteiger partial charge < -0.3 is 10.3 Å². The summed E-state index contributed by atoms with van der Waals surface area (Å²) >= 11 is 1.88. The van der Waals surface area contributed by atoms with Crippen molar-refractivity contribution in [3.63, 3.8) is 0 Å². The van der Waals surface area contributed by atoms with Gasteiger partial charge in [0.05, 0.1) is 0 Å². The number of H-pyrrole nitrogens is 1. The highest BCUT2D eigenvalue weighted by Crippen LogP contribution is 2.41. The lowest BCUT2D eigenvalue weighted by molar-refractivity contribution is 0.182. The van der Waals surface area contributed by atoms with Crippen LogP contribution >= 0.6 is 11.8 Å². The molecule has 2 atom stereocenters. The van der Waals surface area contributed by atoms with E-state index in [0.29, 0.717) is 16.7 Å². The second-order valence-electron chi connectivity index (χ2n) is 5.20. The van der Waals surface area contributed by atoms with Gasteiger partial charge in [0.2, 0.25) is 0 Å². The number of rotatable bonds is 3. The quantitative estimate of drug-likeness (QED) is 0.852. The Morgan fingerprint density at radius 3 is 3.00 bits per heavy atom.